The van der Waals surface area contributed by atoms with Gasteiger partial charge in [-0.3, -0.25) is 0 Å². The summed E-state index contributed by atoms with van der Waals surface area (Å²) in [5.41, 5.74) is 11.0. The zero-order chi connectivity index (χ0) is 14.8. The quantitative estimate of drug-likeness (QED) is 0.859. The van der Waals surface area contributed by atoms with E-state index in [0.29, 0.717) is 0 Å². The molecule has 0 fully saturated rings. The predicted molar refractivity (Wildman–Crippen MR) is 81.9 cm³/mol. The van der Waals surface area contributed by atoms with Gasteiger partial charge in [0.05, 0.1) is 7.11 Å². The second-order valence-corrected chi connectivity index (χ2v) is 6.10. The van der Waals surface area contributed by atoms with Gasteiger partial charge in [0.25, 0.3) is 0 Å². The van der Waals surface area contributed by atoms with Crippen LogP contribution in [0.3, 0.4) is 0 Å². The maximum Gasteiger partial charge on any atom is 0.124 e. The fraction of sp³-hybridized carbons (Fsp3) is 0.625. The number of aryl methyl sites for hydroxylation is 1. The minimum Gasteiger partial charge on any atom is -0.496 e. The highest BCUT2D eigenvalue weighted by Crippen LogP contribution is 2.33. The molecule has 1 aromatic carbocycles. The van der Waals surface area contributed by atoms with Crippen LogP contribution in [0.4, 0.5) is 0 Å². The van der Waals surface area contributed by atoms with Crippen molar-refractivity contribution < 1.29 is 4.74 Å². The fourth-order valence-electron chi connectivity index (χ4n) is 2.66. The topological polar surface area (TPSA) is 47.3 Å². The Labute approximate surface area is 117 Å². The van der Waals surface area contributed by atoms with Crippen molar-refractivity contribution in [2.75, 3.05) is 14.2 Å². The van der Waals surface area contributed by atoms with Crippen LogP contribution in [0.5, 0.6) is 5.75 Å². The molecular formula is C16H28N2O. The van der Waals surface area contributed by atoms with Crippen molar-refractivity contribution >= 4 is 0 Å². The van der Waals surface area contributed by atoms with E-state index in [1.54, 1.807) is 7.11 Å². The summed E-state index contributed by atoms with van der Waals surface area (Å²) in [5, 5.41) is 3.39. The third-order valence-corrected chi connectivity index (χ3v) is 3.72. The lowest BCUT2D eigenvalue weighted by Gasteiger charge is -2.28. The van der Waals surface area contributed by atoms with E-state index in [1.807, 2.05) is 7.05 Å². The molecule has 1 unspecified atom stereocenters. The van der Waals surface area contributed by atoms with Gasteiger partial charge in [-0.05, 0) is 70.3 Å². The summed E-state index contributed by atoms with van der Waals surface area (Å²) in [5.74, 6) is 0.989. The van der Waals surface area contributed by atoms with Gasteiger partial charge in [0.15, 0.2) is 0 Å². The van der Waals surface area contributed by atoms with Crippen LogP contribution in [0.1, 0.15) is 48.6 Å². The monoisotopic (exact) mass is 264 g/mol. The number of rotatable bonds is 5. The summed E-state index contributed by atoms with van der Waals surface area (Å²) >= 11 is 0. The van der Waals surface area contributed by atoms with Gasteiger partial charge < -0.3 is 15.8 Å². The van der Waals surface area contributed by atoms with Crippen LogP contribution >= 0.6 is 0 Å². The van der Waals surface area contributed by atoms with Crippen LogP contribution in [0.2, 0.25) is 0 Å². The highest BCUT2D eigenvalue weighted by atomic mass is 16.5. The number of hydrogen-bond donors (Lipinski definition) is 2. The SMILES string of the molecule is CNC(CC(C)(C)N)c1cc(C)c(OC)c(C)c1C. The molecular weight excluding hydrogens is 236 g/mol. The second kappa shape index (κ2) is 5.93. The third-order valence-electron chi connectivity index (χ3n) is 3.72. The first kappa shape index (κ1) is 16.0. The van der Waals surface area contributed by atoms with Crippen molar-refractivity contribution in [1.82, 2.24) is 5.32 Å². The molecule has 108 valence electrons. The van der Waals surface area contributed by atoms with E-state index in [1.165, 1.54) is 22.3 Å². The average Bonchev–Trinajstić information content (AvgIpc) is 2.30. The van der Waals surface area contributed by atoms with Gasteiger partial charge in [-0.1, -0.05) is 6.07 Å². The first-order valence-electron chi connectivity index (χ1n) is 6.82. The second-order valence-electron chi connectivity index (χ2n) is 6.10. The molecule has 0 heterocycles. The zero-order valence-corrected chi connectivity index (χ0v) is 13.3. The molecule has 3 nitrogen and oxygen atoms in total. The standard InChI is InChI=1S/C16H28N2O/c1-10-8-13(11(2)12(3)15(10)19-7)14(18-6)9-16(4,5)17/h8,14,18H,9,17H2,1-7H3. The minimum absolute atomic E-state index is 0.193. The van der Waals surface area contributed by atoms with Crippen molar-refractivity contribution in [3.8, 4) is 5.75 Å². The Balaban J connectivity index is 3.26. The zero-order valence-electron chi connectivity index (χ0n) is 13.3. The first-order chi connectivity index (χ1) is 8.71. The van der Waals surface area contributed by atoms with Crippen LogP contribution in [0, 0.1) is 20.8 Å². The summed E-state index contributed by atoms with van der Waals surface area (Å²) in [4.78, 5) is 0. The van der Waals surface area contributed by atoms with E-state index < -0.39 is 0 Å². The highest BCUT2D eigenvalue weighted by Gasteiger charge is 2.22. The normalized spacial score (nSPS) is 13.5. The van der Waals surface area contributed by atoms with E-state index >= 15 is 0 Å². The molecule has 0 saturated heterocycles. The van der Waals surface area contributed by atoms with Crippen molar-refractivity contribution in [1.29, 1.82) is 0 Å². The molecule has 0 aliphatic carbocycles. The molecule has 3 N–H and O–H groups in total. The van der Waals surface area contributed by atoms with Crippen molar-refractivity contribution in [3.05, 3.63) is 28.3 Å². The Hall–Kier alpha value is -1.06. The van der Waals surface area contributed by atoms with Gasteiger partial charge in [-0.25, -0.2) is 0 Å². The van der Waals surface area contributed by atoms with Gasteiger partial charge in [-0.2, -0.15) is 0 Å². The van der Waals surface area contributed by atoms with Gasteiger partial charge in [0.2, 0.25) is 0 Å². The summed E-state index contributed by atoms with van der Waals surface area (Å²) in [7, 11) is 3.72. The molecule has 1 rings (SSSR count). The Bertz CT molecular complexity index is 447. The first-order valence-corrected chi connectivity index (χ1v) is 6.82. The largest absolute Gasteiger partial charge is 0.496 e. The molecule has 19 heavy (non-hydrogen) atoms. The molecule has 1 atom stereocenters. The predicted octanol–water partition coefficient (Wildman–Crippen LogP) is 3.01. The van der Waals surface area contributed by atoms with Crippen LogP contribution in [0.15, 0.2) is 6.07 Å². The summed E-state index contributed by atoms with van der Waals surface area (Å²) in [6.45, 7) is 10.5. The molecule has 0 aliphatic heterocycles. The van der Waals surface area contributed by atoms with Crippen LogP contribution < -0.4 is 15.8 Å². The Kier molecular flexibility index (Phi) is 4.99. The van der Waals surface area contributed by atoms with Crippen LogP contribution in [-0.4, -0.2) is 19.7 Å². The van der Waals surface area contributed by atoms with E-state index in [-0.39, 0.29) is 11.6 Å². The van der Waals surface area contributed by atoms with E-state index in [4.69, 9.17) is 10.5 Å². The molecule has 0 spiro atoms. The smallest absolute Gasteiger partial charge is 0.124 e. The van der Waals surface area contributed by atoms with Gasteiger partial charge in [-0.15, -0.1) is 0 Å². The lowest BCUT2D eigenvalue weighted by Crippen LogP contribution is -2.37. The average molecular weight is 264 g/mol. The molecule has 0 aliphatic rings. The van der Waals surface area contributed by atoms with Crippen LogP contribution in [-0.2, 0) is 0 Å². The summed E-state index contributed by atoms with van der Waals surface area (Å²) in [6, 6.07) is 2.48. The van der Waals surface area contributed by atoms with Crippen molar-refractivity contribution in [2.24, 2.45) is 5.73 Å². The number of benzene rings is 1. The third kappa shape index (κ3) is 3.71. The lowest BCUT2D eigenvalue weighted by atomic mass is 9.87. The lowest BCUT2D eigenvalue weighted by molar-refractivity contribution is 0.391. The van der Waals surface area contributed by atoms with Gasteiger partial charge in [0.1, 0.15) is 5.75 Å². The molecule has 0 radical (unpaired) electrons. The summed E-state index contributed by atoms with van der Waals surface area (Å²) in [6.07, 6.45) is 0.898. The fourth-order valence-corrected chi connectivity index (χ4v) is 2.66. The Morgan fingerprint density at radius 2 is 1.84 bits per heavy atom. The molecule has 1 aromatic rings. The summed E-state index contributed by atoms with van der Waals surface area (Å²) < 4.78 is 5.48. The molecule has 0 saturated carbocycles. The van der Waals surface area contributed by atoms with Gasteiger partial charge >= 0.3 is 0 Å². The van der Waals surface area contributed by atoms with E-state index in [0.717, 1.165) is 12.2 Å². The van der Waals surface area contributed by atoms with Gasteiger partial charge in [0, 0.05) is 11.6 Å². The molecule has 3 heteroatoms. The maximum atomic E-state index is 6.17. The number of nitrogens with two attached hydrogens (primary N) is 1. The Morgan fingerprint density at radius 3 is 2.26 bits per heavy atom. The van der Waals surface area contributed by atoms with Crippen molar-refractivity contribution in [3.63, 3.8) is 0 Å². The highest BCUT2D eigenvalue weighted by molar-refractivity contribution is 5.50. The maximum absolute atomic E-state index is 6.17. The molecule has 0 amide bonds. The number of nitrogens with one attached hydrogen (secondary N) is 1. The molecule has 0 bridgehead atoms. The Morgan fingerprint density at radius 1 is 1.26 bits per heavy atom. The van der Waals surface area contributed by atoms with E-state index in [9.17, 15) is 0 Å². The number of methoxy groups -OCH3 is 1. The number of hydrogen-bond acceptors (Lipinski definition) is 3. The molecule has 0 aromatic heterocycles. The van der Waals surface area contributed by atoms with Crippen molar-refractivity contribution in [2.45, 2.75) is 52.6 Å². The van der Waals surface area contributed by atoms with E-state index in [2.05, 4.69) is 46.0 Å². The number of ether oxygens (including phenoxy) is 1. The minimum atomic E-state index is -0.193. The van der Waals surface area contributed by atoms with Crippen LogP contribution in [0.25, 0.3) is 0 Å².